The average Bonchev–Trinajstić information content (AvgIpc) is 2.56. The fourth-order valence-corrected chi connectivity index (χ4v) is 2.02. The van der Waals surface area contributed by atoms with Crippen molar-refractivity contribution in [2.45, 2.75) is 0 Å². The number of carbonyl (C=O) groups is 1. The van der Waals surface area contributed by atoms with Gasteiger partial charge in [-0.2, -0.15) is 10.1 Å². The third-order valence-electron chi connectivity index (χ3n) is 3.07. The van der Waals surface area contributed by atoms with Crippen LogP contribution in [0.15, 0.2) is 53.8 Å². The predicted molar refractivity (Wildman–Crippen MR) is 79.7 cm³/mol. The normalized spacial score (nSPS) is 14.3. The molecule has 2 aromatic rings. The molecule has 0 unspecified atom stereocenters. The van der Waals surface area contributed by atoms with E-state index in [2.05, 4.69) is 15.4 Å². The number of carbonyl (C=O) groups excluding carboxylic acids is 1. The predicted octanol–water partition coefficient (Wildman–Crippen LogP) is 1.92. The second kappa shape index (κ2) is 5.60. The fraction of sp³-hybridized carbons (Fsp3) is 0.0714. The molecule has 8 heteroatoms. The van der Waals surface area contributed by atoms with E-state index < -0.39 is 11.0 Å². The highest BCUT2D eigenvalue weighted by molar-refractivity contribution is 6.08. The number of non-ortho nitro benzene ring substituents is 1. The lowest BCUT2D eigenvalue weighted by molar-refractivity contribution is -0.384. The fourth-order valence-electron chi connectivity index (χ4n) is 2.02. The number of amides is 2. The highest BCUT2D eigenvalue weighted by Gasteiger charge is 2.23. The minimum atomic E-state index is -0.519. The highest BCUT2D eigenvalue weighted by atomic mass is 16.6. The molecule has 1 aromatic heterocycles. The topological polar surface area (TPSA) is 101 Å². The first-order valence-corrected chi connectivity index (χ1v) is 6.46. The monoisotopic (exact) mass is 297 g/mol. The molecule has 0 radical (unpaired) electrons. The van der Waals surface area contributed by atoms with Crippen molar-refractivity contribution < 1.29 is 9.72 Å². The molecule has 0 aliphatic carbocycles. The van der Waals surface area contributed by atoms with Crippen LogP contribution in [0.5, 0.6) is 0 Å². The smallest absolute Gasteiger partial charge is 0.330 e. The van der Waals surface area contributed by atoms with Gasteiger partial charge in [0, 0.05) is 18.3 Å². The number of hydrogen-bond donors (Lipinski definition) is 1. The van der Waals surface area contributed by atoms with Crippen molar-refractivity contribution in [1.82, 2.24) is 10.3 Å². The van der Waals surface area contributed by atoms with Crippen molar-refractivity contribution in [2.24, 2.45) is 5.10 Å². The highest BCUT2D eigenvalue weighted by Crippen LogP contribution is 2.22. The number of hydrazone groups is 1. The molecule has 110 valence electrons. The summed E-state index contributed by atoms with van der Waals surface area (Å²) in [6.45, 7) is 0.251. The average molecular weight is 297 g/mol. The van der Waals surface area contributed by atoms with Gasteiger partial charge in [-0.15, -0.1) is 0 Å². The number of pyridine rings is 1. The van der Waals surface area contributed by atoms with Crippen LogP contribution in [-0.2, 0) is 0 Å². The van der Waals surface area contributed by atoms with Crippen molar-refractivity contribution in [2.75, 3.05) is 11.6 Å². The van der Waals surface area contributed by atoms with Gasteiger partial charge in [-0.05, 0) is 18.2 Å². The molecule has 3 rings (SSSR count). The van der Waals surface area contributed by atoms with Crippen LogP contribution in [-0.4, -0.2) is 28.2 Å². The quantitative estimate of drug-likeness (QED) is 0.690. The number of anilines is 1. The maximum absolute atomic E-state index is 12.0. The Morgan fingerprint density at radius 1 is 1.23 bits per heavy atom. The molecule has 1 N–H and O–H groups in total. The second-order valence-corrected chi connectivity index (χ2v) is 4.51. The zero-order chi connectivity index (χ0) is 15.5. The second-order valence-electron chi connectivity index (χ2n) is 4.51. The third kappa shape index (κ3) is 2.62. The maximum Gasteiger partial charge on any atom is 0.342 e. The zero-order valence-corrected chi connectivity index (χ0v) is 11.3. The Labute approximate surface area is 125 Å². The molecule has 0 bridgehead atoms. The summed E-state index contributed by atoms with van der Waals surface area (Å²) in [5.41, 5.74) is 1.43. The van der Waals surface area contributed by atoms with Gasteiger partial charge >= 0.3 is 6.03 Å². The van der Waals surface area contributed by atoms with Crippen LogP contribution in [0.1, 0.15) is 5.69 Å². The van der Waals surface area contributed by atoms with Gasteiger partial charge in [-0.25, -0.2) is 4.79 Å². The summed E-state index contributed by atoms with van der Waals surface area (Å²) in [7, 11) is 0. The SMILES string of the molecule is O=C1NCC(c2ccccn2)=NN1c1cccc([N+](=O)[O-])c1. The van der Waals surface area contributed by atoms with Crippen LogP contribution in [0, 0.1) is 10.1 Å². The van der Waals surface area contributed by atoms with E-state index in [0.29, 0.717) is 17.1 Å². The molecule has 1 aliphatic heterocycles. The molecule has 0 atom stereocenters. The molecule has 0 saturated heterocycles. The minimum Gasteiger partial charge on any atom is -0.330 e. The zero-order valence-electron chi connectivity index (χ0n) is 11.3. The van der Waals surface area contributed by atoms with E-state index in [4.69, 9.17) is 0 Å². The van der Waals surface area contributed by atoms with Crippen molar-refractivity contribution in [1.29, 1.82) is 0 Å². The van der Waals surface area contributed by atoms with E-state index in [1.54, 1.807) is 24.4 Å². The number of hydrogen-bond acceptors (Lipinski definition) is 5. The van der Waals surface area contributed by atoms with Gasteiger partial charge in [0.25, 0.3) is 5.69 Å². The number of aromatic nitrogens is 1. The molecular weight excluding hydrogens is 286 g/mol. The Morgan fingerprint density at radius 3 is 2.82 bits per heavy atom. The van der Waals surface area contributed by atoms with Crippen LogP contribution in [0.4, 0.5) is 16.2 Å². The van der Waals surface area contributed by atoms with Crippen molar-refractivity contribution in [3.63, 3.8) is 0 Å². The standard InChI is InChI=1S/C14H11N5O3/c20-14-16-9-13(12-6-1-2-7-15-12)17-18(14)10-4-3-5-11(8-10)19(21)22/h1-8H,9H2,(H,16,20). The molecule has 22 heavy (non-hydrogen) atoms. The van der Waals surface area contributed by atoms with Gasteiger partial charge < -0.3 is 5.32 Å². The number of nitrogens with zero attached hydrogens (tertiary/aromatic N) is 4. The van der Waals surface area contributed by atoms with Crippen molar-refractivity contribution in [3.05, 3.63) is 64.5 Å². The Bertz CT molecular complexity index is 760. The number of benzene rings is 1. The van der Waals surface area contributed by atoms with Gasteiger partial charge in [-0.3, -0.25) is 15.1 Å². The van der Waals surface area contributed by atoms with Crippen LogP contribution in [0.3, 0.4) is 0 Å². The summed E-state index contributed by atoms with van der Waals surface area (Å²) in [6.07, 6.45) is 1.63. The first-order valence-electron chi connectivity index (χ1n) is 6.46. The Balaban J connectivity index is 1.99. The van der Waals surface area contributed by atoms with Gasteiger partial charge in [-0.1, -0.05) is 12.1 Å². The van der Waals surface area contributed by atoms with Crippen molar-refractivity contribution in [3.8, 4) is 0 Å². The summed E-state index contributed by atoms with van der Waals surface area (Å²) >= 11 is 0. The van der Waals surface area contributed by atoms with E-state index in [-0.39, 0.29) is 12.2 Å². The number of urea groups is 1. The lowest BCUT2D eigenvalue weighted by Gasteiger charge is -2.24. The summed E-state index contributed by atoms with van der Waals surface area (Å²) < 4.78 is 0. The molecule has 0 spiro atoms. The molecule has 0 saturated carbocycles. The number of nitro benzene ring substituents is 1. The number of rotatable bonds is 3. The van der Waals surface area contributed by atoms with Crippen LogP contribution in [0.2, 0.25) is 0 Å². The lowest BCUT2D eigenvalue weighted by atomic mass is 10.2. The molecule has 2 amide bonds. The first-order chi connectivity index (χ1) is 10.6. The molecule has 0 fully saturated rings. The molecule has 2 heterocycles. The Kier molecular flexibility index (Phi) is 3.48. The summed E-state index contributed by atoms with van der Waals surface area (Å²) in [6, 6.07) is 10.7. The van der Waals surface area contributed by atoms with Crippen LogP contribution in [0.25, 0.3) is 0 Å². The Hall–Kier alpha value is -3.29. The van der Waals surface area contributed by atoms with E-state index >= 15 is 0 Å². The summed E-state index contributed by atoms with van der Waals surface area (Å²) in [5, 5.41) is 18.9. The van der Waals surface area contributed by atoms with Gasteiger partial charge in [0.05, 0.1) is 22.8 Å². The Morgan fingerprint density at radius 2 is 2.09 bits per heavy atom. The van der Waals surface area contributed by atoms with E-state index in [9.17, 15) is 14.9 Å². The summed E-state index contributed by atoms with van der Waals surface area (Å²) in [5.74, 6) is 0. The van der Waals surface area contributed by atoms with Gasteiger partial charge in [0.15, 0.2) is 0 Å². The molecule has 8 nitrogen and oxygen atoms in total. The summed E-state index contributed by atoms with van der Waals surface area (Å²) in [4.78, 5) is 26.5. The number of nitrogens with one attached hydrogen (secondary N) is 1. The van der Waals surface area contributed by atoms with Crippen LogP contribution < -0.4 is 10.3 Å². The van der Waals surface area contributed by atoms with E-state index in [1.807, 2.05) is 6.07 Å². The number of nitro groups is 1. The van der Waals surface area contributed by atoms with E-state index in [0.717, 1.165) is 5.01 Å². The minimum absolute atomic E-state index is 0.106. The first kappa shape index (κ1) is 13.7. The van der Waals surface area contributed by atoms with Crippen molar-refractivity contribution >= 4 is 23.1 Å². The molecule has 1 aromatic carbocycles. The maximum atomic E-state index is 12.0. The molecular formula is C14H11N5O3. The van der Waals surface area contributed by atoms with Gasteiger partial charge in [0.2, 0.25) is 0 Å². The van der Waals surface area contributed by atoms with Gasteiger partial charge in [0.1, 0.15) is 5.71 Å². The van der Waals surface area contributed by atoms with E-state index in [1.165, 1.54) is 18.2 Å². The van der Waals surface area contributed by atoms with Crippen LogP contribution >= 0.6 is 0 Å². The lowest BCUT2D eigenvalue weighted by Crippen LogP contribution is -2.45. The largest absolute Gasteiger partial charge is 0.342 e. The molecule has 1 aliphatic rings. The third-order valence-corrected chi connectivity index (χ3v) is 3.07.